The van der Waals surface area contributed by atoms with Gasteiger partial charge in [0.1, 0.15) is 11.6 Å². The molecule has 10 heteroatoms. The van der Waals surface area contributed by atoms with Crippen LogP contribution in [0.1, 0.15) is 17.2 Å². The first-order chi connectivity index (χ1) is 12.0. The third kappa shape index (κ3) is 3.07. The fraction of sp³-hybridized carbons (Fsp3) is 0.188. The molecule has 1 unspecified atom stereocenters. The summed E-state index contributed by atoms with van der Waals surface area (Å²) in [6.07, 6.45) is -5.80. The number of aliphatic hydroxyl groups is 1. The summed E-state index contributed by atoms with van der Waals surface area (Å²) in [5, 5.41) is 18.6. The van der Waals surface area contributed by atoms with E-state index in [1.807, 2.05) is 0 Å². The number of halogens is 3. The highest BCUT2D eigenvalue weighted by Crippen LogP contribution is 2.52. The van der Waals surface area contributed by atoms with Gasteiger partial charge in [-0.2, -0.15) is 14.0 Å². The Morgan fingerprint density at radius 3 is 2.62 bits per heavy atom. The van der Waals surface area contributed by atoms with Gasteiger partial charge in [-0.1, -0.05) is 0 Å². The number of rotatable bonds is 3. The third-order valence-electron chi connectivity index (χ3n) is 3.58. The largest absolute Gasteiger partial charge is 0.453 e. The number of sulfone groups is 1. The zero-order valence-corrected chi connectivity index (χ0v) is 13.9. The molecule has 136 valence electrons. The molecule has 1 N–H and O–H groups in total. The van der Waals surface area contributed by atoms with Crippen molar-refractivity contribution >= 4 is 9.84 Å². The topological polar surface area (TPSA) is 96.6 Å². The summed E-state index contributed by atoms with van der Waals surface area (Å²) in [5.41, 5.74) is -0.720. The van der Waals surface area contributed by atoms with E-state index in [9.17, 15) is 26.7 Å². The molecule has 0 fully saturated rings. The molecule has 0 saturated heterocycles. The van der Waals surface area contributed by atoms with Crippen LogP contribution in [0.5, 0.6) is 17.2 Å². The van der Waals surface area contributed by atoms with Gasteiger partial charge >= 0.3 is 6.11 Å². The number of hydrogen-bond acceptors (Lipinski definition) is 6. The monoisotopic (exact) mass is 385 g/mol. The molecule has 6 nitrogen and oxygen atoms in total. The van der Waals surface area contributed by atoms with Crippen LogP contribution in [0.4, 0.5) is 13.2 Å². The van der Waals surface area contributed by atoms with Crippen molar-refractivity contribution in [2.45, 2.75) is 17.1 Å². The van der Waals surface area contributed by atoms with Crippen molar-refractivity contribution in [1.82, 2.24) is 0 Å². The van der Waals surface area contributed by atoms with Crippen LogP contribution in [0.15, 0.2) is 35.2 Å². The zero-order chi connectivity index (χ0) is 19.3. The first kappa shape index (κ1) is 18.0. The molecule has 26 heavy (non-hydrogen) atoms. The summed E-state index contributed by atoms with van der Waals surface area (Å²) in [5.74, 6) is -2.02. The Morgan fingerprint density at radius 2 is 2.00 bits per heavy atom. The molecule has 0 aromatic heterocycles. The van der Waals surface area contributed by atoms with Crippen LogP contribution in [0.2, 0.25) is 0 Å². The van der Waals surface area contributed by atoms with E-state index in [0.717, 1.165) is 36.6 Å². The molecule has 2 aromatic rings. The molecule has 0 aliphatic carbocycles. The Balaban J connectivity index is 2.15. The molecule has 3 rings (SSSR count). The van der Waals surface area contributed by atoms with E-state index >= 15 is 0 Å². The van der Waals surface area contributed by atoms with E-state index in [2.05, 4.69) is 4.74 Å². The summed E-state index contributed by atoms with van der Waals surface area (Å²) in [6, 6.07) is 6.72. The van der Waals surface area contributed by atoms with Crippen molar-refractivity contribution < 1.29 is 36.2 Å². The molecule has 1 aliphatic heterocycles. The highest BCUT2D eigenvalue weighted by atomic mass is 32.2. The van der Waals surface area contributed by atoms with Crippen LogP contribution in [0.25, 0.3) is 0 Å². The normalized spacial score (nSPS) is 17.9. The summed E-state index contributed by atoms with van der Waals surface area (Å²) >= 11 is 0. The van der Waals surface area contributed by atoms with Crippen molar-refractivity contribution in [3.8, 4) is 23.3 Å². The van der Waals surface area contributed by atoms with E-state index in [0.29, 0.717) is 0 Å². The molecule has 0 bridgehead atoms. The number of nitriles is 1. The van der Waals surface area contributed by atoms with Crippen molar-refractivity contribution in [2.75, 3.05) is 6.26 Å². The first-order valence-electron chi connectivity index (χ1n) is 7.03. The minimum Gasteiger partial charge on any atom is -0.453 e. The van der Waals surface area contributed by atoms with Crippen LogP contribution in [-0.2, 0) is 9.84 Å². The maximum Gasteiger partial charge on any atom is 0.429 e. The summed E-state index contributed by atoms with van der Waals surface area (Å²) in [6.45, 7) is 0. The Morgan fingerprint density at radius 1 is 1.31 bits per heavy atom. The number of fused-ring (bicyclic) bond motifs is 1. The highest BCUT2D eigenvalue weighted by Gasteiger charge is 2.53. The SMILES string of the molecule is CS(=O)(=O)c1ccc(Oc2cc(F)cc(C#N)c2)c2c1C(O)C(F)(F)O2. The number of nitrogens with zero attached hydrogens (tertiary/aromatic N) is 1. The fourth-order valence-electron chi connectivity index (χ4n) is 2.50. The molecule has 2 aromatic carbocycles. The number of aliphatic hydroxyl groups excluding tert-OH is 1. The van der Waals surface area contributed by atoms with Crippen LogP contribution >= 0.6 is 0 Å². The third-order valence-corrected chi connectivity index (χ3v) is 4.73. The van der Waals surface area contributed by atoms with E-state index in [4.69, 9.17) is 10.00 Å². The lowest BCUT2D eigenvalue weighted by molar-refractivity contribution is -0.224. The standard InChI is InChI=1S/C16H10F3NO5S/c1-26(22,23)12-3-2-11(14-13(12)15(21)16(18,19)25-14)24-10-5-8(7-20)4-9(17)6-10/h2-6,15,21H,1H3. The number of alkyl halides is 2. The molecule has 0 radical (unpaired) electrons. The summed E-state index contributed by atoms with van der Waals surface area (Å²) < 4.78 is 74.4. The van der Waals surface area contributed by atoms with Gasteiger partial charge in [0.15, 0.2) is 27.4 Å². The molecule has 0 amide bonds. The molecule has 1 aliphatic rings. The highest BCUT2D eigenvalue weighted by molar-refractivity contribution is 7.90. The second kappa shape index (κ2) is 5.89. The average molecular weight is 385 g/mol. The van der Waals surface area contributed by atoms with Gasteiger partial charge in [-0.25, -0.2) is 12.8 Å². The lowest BCUT2D eigenvalue weighted by Gasteiger charge is -2.12. The number of ether oxygens (including phenoxy) is 2. The minimum atomic E-state index is -4.07. The van der Waals surface area contributed by atoms with Crippen molar-refractivity contribution in [1.29, 1.82) is 5.26 Å². The predicted molar refractivity (Wildman–Crippen MR) is 81.3 cm³/mol. The van der Waals surface area contributed by atoms with Gasteiger partial charge in [0.2, 0.25) is 0 Å². The summed E-state index contributed by atoms with van der Waals surface area (Å²) in [7, 11) is -3.95. The molecule has 1 atom stereocenters. The van der Waals surface area contributed by atoms with Crippen LogP contribution in [-0.4, -0.2) is 25.9 Å². The van der Waals surface area contributed by atoms with Crippen molar-refractivity contribution in [3.63, 3.8) is 0 Å². The van der Waals surface area contributed by atoms with E-state index in [-0.39, 0.29) is 17.1 Å². The van der Waals surface area contributed by atoms with Crippen LogP contribution in [0.3, 0.4) is 0 Å². The van der Waals surface area contributed by atoms with Gasteiger partial charge in [-0.3, -0.25) is 0 Å². The molecule has 1 heterocycles. The molecule has 0 saturated carbocycles. The maximum absolute atomic E-state index is 13.8. The van der Waals surface area contributed by atoms with Crippen LogP contribution < -0.4 is 9.47 Å². The quantitative estimate of drug-likeness (QED) is 0.873. The Labute approximate surface area is 145 Å². The molecule has 0 spiro atoms. The van der Waals surface area contributed by atoms with Crippen LogP contribution in [0, 0.1) is 17.1 Å². The summed E-state index contributed by atoms with van der Waals surface area (Å²) in [4.78, 5) is -0.540. The number of hydrogen-bond donors (Lipinski definition) is 1. The molecular formula is C16H10F3NO5S. The lowest BCUT2D eigenvalue weighted by atomic mass is 10.1. The minimum absolute atomic E-state index is 0.0734. The number of benzene rings is 2. The van der Waals surface area contributed by atoms with Crippen molar-refractivity contribution in [2.24, 2.45) is 0 Å². The van der Waals surface area contributed by atoms with E-state index in [1.165, 1.54) is 0 Å². The Kier molecular flexibility index (Phi) is 4.09. The van der Waals surface area contributed by atoms with Gasteiger partial charge < -0.3 is 14.6 Å². The smallest absolute Gasteiger partial charge is 0.429 e. The van der Waals surface area contributed by atoms with Gasteiger partial charge in [0, 0.05) is 12.3 Å². The van der Waals surface area contributed by atoms with Crippen molar-refractivity contribution in [3.05, 3.63) is 47.3 Å². The fourth-order valence-corrected chi connectivity index (χ4v) is 3.42. The Bertz CT molecular complexity index is 1050. The van der Waals surface area contributed by atoms with Gasteiger partial charge in [0.25, 0.3) is 0 Å². The van der Waals surface area contributed by atoms with E-state index < -0.39 is 44.1 Å². The van der Waals surface area contributed by atoms with Gasteiger partial charge in [-0.15, -0.1) is 0 Å². The average Bonchev–Trinajstić information content (AvgIpc) is 2.77. The Hall–Kier alpha value is -2.77. The molecular weight excluding hydrogens is 375 g/mol. The van der Waals surface area contributed by atoms with E-state index in [1.54, 1.807) is 6.07 Å². The second-order valence-electron chi connectivity index (χ2n) is 5.53. The first-order valence-corrected chi connectivity index (χ1v) is 8.92. The predicted octanol–water partition coefficient (Wildman–Crippen LogP) is 2.91. The van der Waals surface area contributed by atoms with Gasteiger partial charge in [-0.05, 0) is 24.3 Å². The maximum atomic E-state index is 13.8. The zero-order valence-electron chi connectivity index (χ0n) is 13.0. The lowest BCUT2D eigenvalue weighted by Crippen LogP contribution is -2.26. The van der Waals surface area contributed by atoms with Gasteiger partial charge in [0.05, 0.1) is 22.1 Å². The second-order valence-corrected chi connectivity index (χ2v) is 7.52.